The molecule has 4 N–H and O–H groups in total. The van der Waals surface area contributed by atoms with E-state index >= 15 is 0 Å². The molecule has 4 heteroatoms. The summed E-state index contributed by atoms with van der Waals surface area (Å²) < 4.78 is 0. The maximum absolute atomic E-state index is 11.9. The SMILES string of the molecule is NC(CC1CC1)C(=O)NC1CCCCCC1O. The van der Waals surface area contributed by atoms with Crippen molar-refractivity contribution in [2.24, 2.45) is 11.7 Å². The van der Waals surface area contributed by atoms with Gasteiger partial charge < -0.3 is 16.2 Å². The molecule has 4 nitrogen and oxygen atoms in total. The second kappa shape index (κ2) is 5.83. The molecule has 0 aliphatic heterocycles. The van der Waals surface area contributed by atoms with Crippen LogP contribution in [-0.4, -0.2) is 29.2 Å². The normalized spacial score (nSPS) is 31.6. The van der Waals surface area contributed by atoms with Crippen LogP contribution in [0.1, 0.15) is 51.4 Å². The fourth-order valence-electron chi connectivity index (χ4n) is 2.57. The van der Waals surface area contributed by atoms with E-state index < -0.39 is 12.1 Å². The van der Waals surface area contributed by atoms with Crippen LogP contribution < -0.4 is 11.1 Å². The van der Waals surface area contributed by atoms with Crippen LogP contribution in [0.2, 0.25) is 0 Å². The molecule has 0 aromatic heterocycles. The Bertz CT molecular complexity index is 266. The van der Waals surface area contributed by atoms with Crippen molar-refractivity contribution in [3.05, 3.63) is 0 Å². The molecule has 1 amide bonds. The van der Waals surface area contributed by atoms with Crippen molar-refractivity contribution in [1.29, 1.82) is 0 Å². The highest BCUT2D eigenvalue weighted by atomic mass is 16.3. The Kier molecular flexibility index (Phi) is 4.40. The fraction of sp³-hybridized carbons (Fsp3) is 0.923. The molecule has 2 aliphatic carbocycles. The molecule has 0 saturated heterocycles. The smallest absolute Gasteiger partial charge is 0.237 e. The predicted molar refractivity (Wildman–Crippen MR) is 66.3 cm³/mol. The molecule has 0 bridgehead atoms. The van der Waals surface area contributed by atoms with E-state index in [4.69, 9.17) is 5.73 Å². The minimum atomic E-state index is -0.394. The van der Waals surface area contributed by atoms with Crippen molar-refractivity contribution < 1.29 is 9.90 Å². The van der Waals surface area contributed by atoms with Crippen molar-refractivity contribution in [3.63, 3.8) is 0 Å². The number of aliphatic hydroxyl groups excluding tert-OH is 1. The molecule has 98 valence electrons. The third-order valence-corrected chi connectivity index (χ3v) is 3.93. The molecule has 0 radical (unpaired) electrons. The molecule has 0 aromatic rings. The van der Waals surface area contributed by atoms with Crippen molar-refractivity contribution in [3.8, 4) is 0 Å². The first-order chi connectivity index (χ1) is 8.16. The van der Waals surface area contributed by atoms with Gasteiger partial charge in [-0.1, -0.05) is 32.1 Å². The van der Waals surface area contributed by atoms with Crippen molar-refractivity contribution in [1.82, 2.24) is 5.32 Å². The Morgan fingerprint density at radius 2 is 1.94 bits per heavy atom. The number of nitrogens with two attached hydrogens (primary N) is 1. The summed E-state index contributed by atoms with van der Waals surface area (Å²) in [6.07, 6.45) is 7.80. The van der Waals surface area contributed by atoms with Gasteiger partial charge >= 0.3 is 0 Å². The number of rotatable bonds is 4. The van der Waals surface area contributed by atoms with Crippen LogP contribution in [0.25, 0.3) is 0 Å². The second-order valence-electron chi connectivity index (χ2n) is 5.61. The van der Waals surface area contributed by atoms with Crippen molar-refractivity contribution >= 4 is 5.91 Å². The third kappa shape index (κ3) is 3.96. The van der Waals surface area contributed by atoms with E-state index in [0.717, 1.165) is 38.5 Å². The number of nitrogens with one attached hydrogen (secondary N) is 1. The largest absolute Gasteiger partial charge is 0.391 e. The van der Waals surface area contributed by atoms with Crippen LogP contribution in [0.4, 0.5) is 0 Å². The van der Waals surface area contributed by atoms with Gasteiger partial charge in [-0.2, -0.15) is 0 Å². The van der Waals surface area contributed by atoms with Gasteiger partial charge in [0.1, 0.15) is 0 Å². The van der Waals surface area contributed by atoms with Gasteiger partial charge in [0.05, 0.1) is 18.2 Å². The Balaban J connectivity index is 1.78. The molecule has 2 fully saturated rings. The summed E-state index contributed by atoms with van der Waals surface area (Å²) in [5.74, 6) is 0.581. The summed E-state index contributed by atoms with van der Waals surface area (Å²) >= 11 is 0. The Labute approximate surface area is 103 Å². The lowest BCUT2D eigenvalue weighted by molar-refractivity contribution is -0.124. The van der Waals surface area contributed by atoms with Crippen LogP contribution in [-0.2, 0) is 4.79 Å². The molecule has 17 heavy (non-hydrogen) atoms. The van der Waals surface area contributed by atoms with E-state index in [9.17, 15) is 9.90 Å². The van der Waals surface area contributed by atoms with Crippen LogP contribution in [0.5, 0.6) is 0 Å². The molecule has 2 saturated carbocycles. The van der Waals surface area contributed by atoms with Gasteiger partial charge in [-0.05, 0) is 25.2 Å². The maximum atomic E-state index is 11.9. The Morgan fingerprint density at radius 1 is 1.24 bits per heavy atom. The number of hydrogen-bond acceptors (Lipinski definition) is 3. The molecule has 0 heterocycles. The fourth-order valence-corrected chi connectivity index (χ4v) is 2.57. The minimum Gasteiger partial charge on any atom is -0.391 e. The molecular weight excluding hydrogens is 216 g/mol. The Morgan fingerprint density at radius 3 is 2.65 bits per heavy atom. The first-order valence-electron chi connectivity index (χ1n) is 6.91. The summed E-state index contributed by atoms with van der Waals surface area (Å²) in [6, 6.07) is -0.479. The highest BCUT2D eigenvalue weighted by Crippen LogP contribution is 2.33. The zero-order valence-corrected chi connectivity index (χ0v) is 10.4. The lowest BCUT2D eigenvalue weighted by atomic mass is 10.0. The predicted octanol–water partition coefficient (Wildman–Crippen LogP) is 0.924. The quantitative estimate of drug-likeness (QED) is 0.640. The molecule has 0 spiro atoms. The zero-order chi connectivity index (χ0) is 12.3. The van der Waals surface area contributed by atoms with Gasteiger partial charge in [0.15, 0.2) is 0 Å². The average Bonchev–Trinajstić information content (AvgIpc) is 3.10. The zero-order valence-electron chi connectivity index (χ0n) is 10.4. The van der Waals surface area contributed by atoms with E-state index in [0.29, 0.717) is 5.92 Å². The second-order valence-corrected chi connectivity index (χ2v) is 5.61. The number of aliphatic hydroxyl groups is 1. The molecule has 2 rings (SSSR count). The average molecular weight is 240 g/mol. The van der Waals surface area contributed by atoms with E-state index in [2.05, 4.69) is 5.32 Å². The molecule has 3 unspecified atom stereocenters. The van der Waals surface area contributed by atoms with Crippen LogP contribution in [0.15, 0.2) is 0 Å². The molecule has 3 atom stereocenters. The summed E-state index contributed by atoms with van der Waals surface area (Å²) in [6.45, 7) is 0. The Hall–Kier alpha value is -0.610. The van der Waals surface area contributed by atoms with E-state index in [1.165, 1.54) is 12.8 Å². The molecule has 2 aliphatic rings. The van der Waals surface area contributed by atoms with Gasteiger partial charge in [-0.15, -0.1) is 0 Å². The summed E-state index contributed by atoms with van der Waals surface area (Å²) in [4.78, 5) is 11.9. The van der Waals surface area contributed by atoms with Gasteiger partial charge in [-0.3, -0.25) is 4.79 Å². The first kappa shape index (κ1) is 12.8. The summed E-state index contributed by atoms with van der Waals surface area (Å²) in [7, 11) is 0. The highest BCUT2D eigenvalue weighted by molar-refractivity contribution is 5.81. The van der Waals surface area contributed by atoms with Crippen molar-refractivity contribution in [2.75, 3.05) is 0 Å². The summed E-state index contributed by atoms with van der Waals surface area (Å²) in [5, 5.41) is 12.8. The highest BCUT2D eigenvalue weighted by Gasteiger charge is 2.29. The van der Waals surface area contributed by atoms with E-state index in [1.807, 2.05) is 0 Å². The van der Waals surface area contributed by atoms with Gasteiger partial charge in [0.25, 0.3) is 0 Å². The van der Waals surface area contributed by atoms with Crippen LogP contribution in [0, 0.1) is 5.92 Å². The third-order valence-electron chi connectivity index (χ3n) is 3.93. The van der Waals surface area contributed by atoms with Gasteiger partial charge in [0.2, 0.25) is 5.91 Å². The maximum Gasteiger partial charge on any atom is 0.237 e. The minimum absolute atomic E-state index is 0.0807. The van der Waals surface area contributed by atoms with Gasteiger partial charge in [0, 0.05) is 0 Å². The monoisotopic (exact) mass is 240 g/mol. The van der Waals surface area contributed by atoms with Crippen molar-refractivity contribution in [2.45, 2.75) is 69.6 Å². The summed E-state index contributed by atoms with van der Waals surface area (Å²) in [5.41, 5.74) is 5.87. The van der Waals surface area contributed by atoms with E-state index in [-0.39, 0.29) is 11.9 Å². The number of carbonyl (C=O) groups excluding carboxylic acids is 1. The number of hydrogen-bond donors (Lipinski definition) is 3. The van der Waals surface area contributed by atoms with Crippen LogP contribution in [0.3, 0.4) is 0 Å². The number of carbonyl (C=O) groups is 1. The molecular formula is C13H24N2O2. The number of amides is 1. The van der Waals surface area contributed by atoms with Gasteiger partial charge in [-0.25, -0.2) is 0 Å². The van der Waals surface area contributed by atoms with E-state index in [1.54, 1.807) is 0 Å². The lowest BCUT2D eigenvalue weighted by Crippen LogP contribution is -2.49. The standard InChI is InChI=1S/C13H24N2O2/c14-10(8-9-6-7-9)13(17)15-11-4-2-1-3-5-12(11)16/h9-12,16H,1-8,14H2,(H,15,17). The topological polar surface area (TPSA) is 75.4 Å². The lowest BCUT2D eigenvalue weighted by Gasteiger charge is -2.23. The first-order valence-corrected chi connectivity index (χ1v) is 6.91. The van der Waals surface area contributed by atoms with Crippen LogP contribution >= 0.6 is 0 Å². The molecule has 0 aromatic carbocycles.